The molecule has 0 radical (unpaired) electrons. The van der Waals surface area contributed by atoms with Crippen molar-refractivity contribution in [1.82, 2.24) is 5.16 Å². The monoisotopic (exact) mass is 336 g/mol. The second-order valence-corrected chi connectivity index (χ2v) is 5.93. The Bertz CT molecular complexity index is 643. The molecule has 6 nitrogen and oxygen atoms in total. The number of benzene rings is 1. The van der Waals surface area contributed by atoms with Gasteiger partial charge >= 0.3 is 0 Å². The molecule has 0 bridgehead atoms. The maximum absolute atomic E-state index is 12.1. The fourth-order valence-corrected chi connectivity index (χ4v) is 3.01. The maximum Gasteiger partial charge on any atom is 0.234 e. The molecule has 0 atom stereocenters. The number of nitrogens with one attached hydrogen (secondary N) is 1. The molecule has 0 fully saturated rings. The molecule has 1 amide bonds. The van der Waals surface area contributed by atoms with Crippen LogP contribution >= 0.6 is 11.8 Å². The van der Waals surface area contributed by atoms with Gasteiger partial charge in [-0.15, -0.1) is 11.8 Å². The number of anilines is 1. The van der Waals surface area contributed by atoms with E-state index in [9.17, 15) is 4.79 Å². The summed E-state index contributed by atoms with van der Waals surface area (Å²) < 4.78 is 15.5. The van der Waals surface area contributed by atoms with Crippen molar-refractivity contribution in [2.24, 2.45) is 0 Å². The summed E-state index contributed by atoms with van der Waals surface area (Å²) in [5.41, 5.74) is 2.56. The van der Waals surface area contributed by atoms with Gasteiger partial charge in [0.2, 0.25) is 5.91 Å². The minimum Gasteiger partial charge on any atom is -0.497 e. The standard InChI is InChI=1S/C16H20N2O4S/c1-10-15(11(2)22-18-10)8-23-9-16(19)17-12-5-13(20-3)7-14(6-12)21-4/h5-7H,8-9H2,1-4H3,(H,17,19). The first-order chi connectivity index (χ1) is 11.0. The number of aryl methyl sites for hydroxylation is 2. The Hall–Kier alpha value is -2.15. The van der Waals surface area contributed by atoms with E-state index in [1.165, 1.54) is 11.8 Å². The Balaban J connectivity index is 1.90. The molecule has 1 heterocycles. The van der Waals surface area contributed by atoms with Crippen LogP contribution in [0.5, 0.6) is 11.5 Å². The molecular weight excluding hydrogens is 316 g/mol. The van der Waals surface area contributed by atoms with Crippen LogP contribution in [0.15, 0.2) is 22.7 Å². The average molecular weight is 336 g/mol. The number of hydrogen-bond acceptors (Lipinski definition) is 6. The Morgan fingerprint density at radius 2 is 1.87 bits per heavy atom. The van der Waals surface area contributed by atoms with Crippen molar-refractivity contribution in [2.45, 2.75) is 19.6 Å². The summed E-state index contributed by atoms with van der Waals surface area (Å²) in [6, 6.07) is 5.25. The Morgan fingerprint density at radius 1 is 1.22 bits per heavy atom. The minimum atomic E-state index is -0.0860. The normalized spacial score (nSPS) is 10.4. The van der Waals surface area contributed by atoms with Gasteiger partial charge in [-0.2, -0.15) is 0 Å². The van der Waals surface area contributed by atoms with E-state index in [1.54, 1.807) is 32.4 Å². The molecule has 23 heavy (non-hydrogen) atoms. The molecular formula is C16H20N2O4S. The fourth-order valence-electron chi connectivity index (χ4n) is 2.03. The predicted molar refractivity (Wildman–Crippen MR) is 90.3 cm³/mol. The van der Waals surface area contributed by atoms with Crippen LogP contribution in [0.3, 0.4) is 0 Å². The topological polar surface area (TPSA) is 73.6 Å². The van der Waals surface area contributed by atoms with Crippen molar-refractivity contribution < 1.29 is 18.8 Å². The van der Waals surface area contributed by atoms with Crippen LogP contribution < -0.4 is 14.8 Å². The highest BCUT2D eigenvalue weighted by Gasteiger charge is 2.11. The van der Waals surface area contributed by atoms with Crippen molar-refractivity contribution >= 4 is 23.4 Å². The van der Waals surface area contributed by atoms with Crippen molar-refractivity contribution in [3.63, 3.8) is 0 Å². The lowest BCUT2D eigenvalue weighted by molar-refractivity contribution is -0.113. The van der Waals surface area contributed by atoms with Crippen LogP contribution in [-0.4, -0.2) is 31.0 Å². The molecule has 0 aliphatic rings. The lowest BCUT2D eigenvalue weighted by Gasteiger charge is -2.09. The largest absolute Gasteiger partial charge is 0.497 e. The molecule has 0 saturated heterocycles. The van der Waals surface area contributed by atoms with Crippen LogP contribution in [0.1, 0.15) is 17.0 Å². The third kappa shape index (κ3) is 4.66. The number of amides is 1. The number of aromatic nitrogens is 1. The van der Waals surface area contributed by atoms with Gasteiger partial charge in [0.1, 0.15) is 17.3 Å². The predicted octanol–water partition coefficient (Wildman–Crippen LogP) is 3.18. The van der Waals surface area contributed by atoms with E-state index in [0.29, 0.717) is 28.7 Å². The van der Waals surface area contributed by atoms with E-state index in [-0.39, 0.29) is 5.91 Å². The smallest absolute Gasteiger partial charge is 0.234 e. The summed E-state index contributed by atoms with van der Waals surface area (Å²) in [7, 11) is 3.14. The molecule has 7 heteroatoms. The van der Waals surface area contributed by atoms with E-state index in [1.807, 2.05) is 13.8 Å². The number of rotatable bonds is 7. The fraction of sp³-hybridized carbons (Fsp3) is 0.375. The summed E-state index contributed by atoms with van der Waals surface area (Å²) in [5, 5.41) is 6.75. The molecule has 0 saturated carbocycles. The summed E-state index contributed by atoms with van der Waals surface area (Å²) >= 11 is 1.51. The van der Waals surface area contributed by atoms with E-state index < -0.39 is 0 Å². The quantitative estimate of drug-likeness (QED) is 0.837. The average Bonchev–Trinajstić information content (AvgIpc) is 2.86. The first-order valence-corrected chi connectivity index (χ1v) is 8.21. The Morgan fingerprint density at radius 3 is 2.39 bits per heavy atom. The maximum atomic E-state index is 12.1. The van der Waals surface area contributed by atoms with Crippen molar-refractivity contribution in [2.75, 3.05) is 25.3 Å². The molecule has 2 rings (SSSR count). The number of ether oxygens (including phenoxy) is 2. The molecule has 1 aromatic carbocycles. The second kappa shape index (κ2) is 7.92. The van der Waals surface area contributed by atoms with Gasteiger partial charge in [-0.25, -0.2) is 0 Å². The summed E-state index contributed by atoms with van der Waals surface area (Å²) in [6.45, 7) is 3.77. The number of thioether (sulfide) groups is 1. The first kappa shape index (κ1) is 17.2. The van der Waals surface area contributed by atoms with Crippen molar-refractivity contribution in [3.8, 4) is 11.5 Å². The number of carbonyl (C=O) groups is 1. The summed E-state index contributed by atoms with van der Waals surface area (Å²) in [6.07, 6.45) is 0. The lowest BCUT2D eigenvalue weighted by Crippen LogP contribution is -2.14. The van der Waals surface area contributed by atoms with Crippen molar-refractivity contribution in [3.05, 3.63) is 35.2 Å². The van der Waals surface area contributed by atoms with Crippen LogP contribution in [0, 0.1) is 13.8 Å². The van der Waals surface area contributed by atoms with Gasteiger partial charge in [0, 0.05) is 35.2 Å². The van der Waals surface area contributed by atoms with Crippen LogP contribution in [0.25, 0.3) is 0 Å². The van der Waals surface area contributed by atoms with E-state index in [2.05, 4.69) is 10.5 Å². The highest BCUT2D eigenvalue weighted by molar-refractivity contribution is 7.99. The van der Waals surface area contributed by atoms with Crippen LogP contribution in [0.4, 0.5) is 5.69 Å². The molecule has 1 N–H and O–H groups in total. The summed E-state index contributed by atoms with van der Waals surface area (Å²) in [4.78, 5) is 12.1. The van der Waals surface area contributed by atoms with Crippen LogP contribution in [-0.2, 0) is 10.5 Å². The summed E-state index contributed by atoms with van der Waals surface area (Å²) in [5.74, 6) is 3.00. The third-order valence-electron chi connectivity index (χ3n) is 3.30. The lowest BCUT2D eigenvalue weighted by atomic mass is 10.2. The van der Waals surface area contributed by atoms with E-state index in [4.69, 9.17) is 14.0 Å². The molecule has 0 unspecified atom stereocenters. The molecule has 1 aromatic heterocycles. The third-order valence-corrected chi connectivity index (χ3v) is 4.26. The number of nitrogens with zero attached hydrogens (tertiary/aromatic N) is 1. The van der Waals surface area contributed by atoms with Gasteiger partial charge in [0.05, 0.1) is 25.7 Å². The van der Waals surface area contributed by atoms with Gasteiger partial charge in [-0.05, 0) is 13.8 Å². The van der Waals surface area contributed by atoms with Gasteiger partial charge in [-0.3, -0.25) is 4.79 Å². The molecule has 0 aliphatic carbocycles. The number of hydrogen-bond donors (Lipinski definition) is 1. The SMILES string of the molecule is COc1cc(NC(=O)CSCc2c(C)noc2C)cc(OC)c1. The highest BCUT2D eigenvalue weighted by atomic mass is 32.2. The highest BCUT2D eigenvalue weighted by Crippen LogP contribution is 2.26. The number of carbonyl (C=O) groups excluding carboxylic acids is 1. The number of methoxy groups -OCH3 is 2. The van der Waals surface area contributed by atoms with E-state index in [0.717, 1.165) is 17.0 Å². The molecule has 2 aromatic rings. The van der Waals surface area contributed by atoms with E-state index >= 15 is 0 Å². The van der Waals surface area contributed by atoms with Gasteiger partial charge in [0.25, 0.3) is 0 Å². The van der Waals surface area contributed by atoms with Crippen molar-refractivity contribution in [1.29, 1.82) is 0 Å². The zero-order valence-electron chi connectivity index (χ0n) is 13.6. The van der Waals surface area contributed by atoms with Crippen LogP contribution in [0.2, 0.25) is 0 Å². The second-order valence-electron chi connectivity index (χ2n) is 4.95. The molecule has 0 spiro atoms. The minimum absolute atomic E-state index is 0.0860. The van der Waals surface area contributed by atoms with Gasteiger partial charge in [0.15, 0.2) is 0 Å². The zero-order valence-corrected chi connectivity index (χ0v) is 14.5. The molecule has 124 valence electrons. The molecule has 0 aliphatic heterocycles. The Labute approximate surface area is 139 Å². The Kier molecular flexibility index (Phi) is 5.92. The van der Waals surface area contributed by atoms with Gasteiger partial charge in [-0.1, -0.05) is 5.16 Å². The van der Waals surface area contributed by atoms with Gasteiger partial charge < -0.3 is 19.3 Å². The zero-order chi connectivity index (χ0) is 16.8. The first-order valence-electron chi connectivity index (χ1n) is 7.06.